The van der Waals surface area contributed by atoms with Crippen LogP contribution in [0, 0.1) is 0 Å². The zero-order valence-electron chi connectivity index (χ0n) is 13.2. The van der Waals surface area contributed by atoms with Gasteiger partial charge in [0.2, 0.25) is 5.91 Å². The van der Waals surface area contributed by atoms with Gasteiger partial charge in [-0.3, -0.25) is 4.79 Å². The van der Waals surface area contributed by atoms with E-state index in [0.29, 0.717) is 17.1 Å². The Morgan fingerprint density at radius 2 is 1.50 bits per heavy atom. The van der Waals surface area contributed by atoms with Gasteiger partial charge in [-0.05, 0) is 37.3 Å². The maximum atomic E-state index is 12.0. The lowest BCUT2D eigenvalue weighted by molar-refractivity contribution is -0.121. The highest BCUT2D eigenvalue weighted by Gasteiger charge is 2.27. The van der Waals surface area contributed by atoms with Gasteiger partial charge in [0.25, 0.3) is 0 Å². The summed E-state index contributed by atoms with van der Waals surface area (Å²) < 4.78 is 0. The summed E-state index contributed by atoms with van der Waals surface area (Å²) >= 11 is 0. The maximum Gasteiger partial charge on any atom is 0.323 e. The number of aliphatic hydroxyl groups is 1. The van der Waals surface area contributed by atoms with Gasteiger partial charge < -0.3 is 26.8 Å². The molecule has 0 fully saturated rings. The molecule has 2 aromatic rings. The summed E-state index contributed by atoms with van der Waals surface area (Å²) in [4.78, 5) is 23.9. The van der Waals surface area contributed by atoms with Crippen molar-refractivity contribution < 1.29 is 14.7 Å². The van der Waals surface area contributed by atoms with Gasteiger partial charge >= 0.3 is 6.03 Å². The van der Waals surface area contributed by atoms with E-state index in [1.54, 1.807) is 36.4 Å². The van der Waals surface area contributed by atoms with Crippen molar-refractivity contribution in [2.45, 2.75) is 12.5 Å². The van der Waals surface area contributed by atoms with Crippen LogP contribution in [0.15, 0.2) is 54.6 Å². The lowest BCUT2D eigenvalue weighted by Crippen LogP contribution is -2.51. The second-order valence-electron chi connectivity index (χ2n) is 5.56. The molecule has 0 saturated carbocycles. The third-order valence-electron chi connectivity index (χ3n) is 3.26. The highest BCUT2D eigenvalue weighted by Crippen LogP contribution is 2.17. The fourth-order valence-electron chi connectivity index (χ4n) is 1.84. The number of hydrogen-bond donors (Lipinski definition) is 5. The van der Waals surface area contributed by atoms with Gasteiger partial charge in [0.05, 0.1) is 6.61 Å². The Balaban J connectivity index is 2.00. The average molecular weight is 328 g/mol. The van der Waals surface area contributed by atoms with E-state index in [-0.39, 0.29) is 0 Å². The summed E-state index contributed by atoms with van der Waals surface area (Å²) in [6.07, 6.45) is 0. The first kappa shape index (κ1) is 17.5. The molecule has 126 valence electrons. The molecule has 0 heterocycles. The number of nitrogens with one attached hydrogen (secondary N) is 3. The number of carbonyl (C=O) groups excluding carboxylic acids is 2. The minimum Gasteiger partial charge on any atom is -0.394 e. The highest BCUT2D eigenvalue weighted by molar-refractivity contribution is 6.01. The molecule has 0 aliphatic rings. The first-order chi connectivity index (χ1) is 11.4. The lowest BCUT2D eigenvalue weighted by Gasteiger charge is -2.20. The van der Waals surface area contributed by atoms with E-state index in [2.05, 4.69) is 16.0 Å². The summed E-state index contributed by atoms with van der Waals surface area (Å²) in [5.41, 5.74) is 5.92. The minimum absolute atomic E-state index is 0.399. The van der Waals surface area contributed by atoms with E-state index >= 15 is 0 Å². The summed E-state index contributed by atoms with van der Waals surface area (Å²) in [5.74, 6) is -0.518. The smallest absolute Gasteiger partial charge is 0.323 e. The molecule has 0 bridgehead atoms. The van der Waals surface area contributed by atoms with Gasteiger partial charge in [-0.25, -0.2) is 4.79 Å². The van der Waals surface area contributed by atoms with Gasteiger partial charge in [-0.1, -0.05) is 24.3 Å². The van der Waals surface area contributed by atoms with Crippen LogP contribution >= 0.6 is 0 Å². The molecule has 24 heavy (non-hydrogen) atoms. The lowest BCUT2D eigenvalue weighted by atomic mass is 10.0. The van der Waals surface area contributed by atoms with Crippen molar-refractivity contribution in [3.8, 4) is 0 Å². The van der Waals surface area contributed by atoms with Gasteiger partial charge in [0, 0.05) is 17.1 Å². The second-order valence-corrected chi connectivity index (χ2v) is 5.56. The van der Waals surface area contributed by atoms with Crippen molar-refractivity contribution in [2.24, 2.45) is 5.73 Å². The summed E-state index contributed by atoms with van der Waals surface area (Å²) in [6, 6.07) is 15.3. The Bertz CT molecular complexity index is 717. The van der Waals surface area contributed by atoms with E-state index in [1.165, 1.54) is 6.92 Å². The Morgan fingerprint density at radius 3 is 2.12 bits per heavy atom. The number of amides is 3. The zero-order chi connectivity index (χ0) is 17.6. The van der Waals surface area contributed by atoms with Crippen molar-refractivity contribution in [1.29, 1.82) is 0 Å². The number of benzene rings is 2. The van der Waals surface area contributed by atoms with Gasteiger partial charge in [-0.2, -0.15) is 0 Å². The van der Waals surface area contributed by atoms with Crippen molar-refractivity contribution in [3.63, 3.8) is 0 Å². The Labute approximate surface area is 139 Å². The van der Waals surface area contributed by atoms with Crippen molar-refractivity contribution in [2.75, 3.05) is 22.6 Å². The molecule has 1 unspecified atom stereocenters. The summed E-state index contributed by atoms with van der Waals surface area (Å²) in [7, 11) is 0. The van der Waals surface area contributed by atoms with Crippen LogP contribution in [-0.4, -0.2) is 29.2 Å². The molecular weight excluding hydrogens is 308 g/mol. The Hall–Kier alpha value is -2.90. The fourth-order valence-corrected chi connectivity index (χ4v) is 1.84. The third kappa shape index (κ3) is 4.80. The minimum atomic E-state index is -1.38. The second kappa shape index (κ2) is 7.58. The molecule has 0 spiro atoms. The zero-order valence-corrected chi connectivity index (χ0v) is 13.2. The molecule has 0 aliphatic heterocycles. The molecule has 1 atom stereocenters. The van der Waals surface area contributed by atoms with Crippen LogP contribution in [-0.2, 0) is 4.79 Å². The molecule has 0 aromatic heterocycles. The van der Waals surface area contributed by atoms with Gasteiger partial charge in [0.15, 0.2) is 0 Å². The van der Waals surface area contributed by atoms with Crippen LogP contribution in [0.2, 0.25) is 0 Å². The van der Waals surface area contributed by atoms with Crippen LogP contribution < -0.4 is 21.7 Å². The number of urea groups is 1. The van der Waals surface area contributed by atoms with Gasteiger partial charge in [-0.15, -0.1) is 0 Å². The Morgan fingerprint density at radius 1 is 0.958 bits per heavy atom. The number of hydrogen-bond acceptors (Lipinski definition) is 4. The SMILES string of the molecule is CC(N)(CO)C(=O)Nc1cccc(NC(=O)Nc2ccccc2)c1. The molecule has 6 N–H and O–H groups in total. The first-order valence-electron chi connectivity index (χ1n) is 7.35. The van der Waals surface area contributed by atoms with Gasteiger partial charge in [0.1, 0.15) is 5.54 Å². The van der Waals surface area contributed by atoms with E-state index in [4.69, 9.17) is 10.8 Å². The number of rotatable bonds is 5. The molecular formula is C17H20N4O3. The van der Waals surface area contributed by atoms with Crippen molar-refractivity contribution in [3.05, 3.63) is 54.6 Å². The maximum absolute atomic E-state index is 12.0. The highest BCUT2D eigenvalue weighted by atomic mass is 16.3. The number of aliphatic hydroxyl groups excluding tert-OH is 1. The fraction of sp³-hybridized carbons (Fsp3) is 0.176. The Kier molecular flexibility index (Phi) is 5.51. The number of carbonyl (C=O) groups is 2. The largest absolute Gasteiger partial charge is 0.394 e. The summed E-state index contributed by atoms with van der Waals surface area (Å²) in [5, 5.41) is 17.1. The van der Waals surface area contributed by atoms with Crippen LogP contribution in [0.25, 0.3) is 0 Å². The van der Waals surface area contributed by atoms with Crippen LogP contribution in [0.4, 0.5) is 21.9 Å². The molecule has 3 amide bonds. The quantitative estimate of drug-likeness (QED) is 0.577. The monoisotopic (exact) mass is 328 g/mol. The third-order valence-corrected chi connectivity index (χ3v) is 3.26. The van der Waals surface area contributed by atoms with E-state index < -0.39 is 24.1 Å². The number of para-hydroxylation sites is 1. The topological polar surface area (TPSA) is 116 Å². The first-order valence-corrected chi connectivity index (χ1v) is 7.35. The van der Waals surface area contributed by atoms with E-state index in [1.807, 2.05) is 18.2 Å². The van der Waals surface area contributed by atoms with E-state index in [0.717, 1.165) is 0 Å². The molecule has 2 rings (SSSR count). The van der Waals surface area contributed by atoms with Crippen molar-refractivity contribution >= 4 is 29.0 Å². The van der Waals surface area contributed by atoms with E-state index in [9.17, 15) is 9.59 Å². The standard InChI is InChI=1S/C17H20N4O3/c1-17(18,11-22)15(23)19-13-8-5-9-14(10-13)21-16(24)20-12-6-3-2-4-7-12/h2-10,22H,11,18H2,1H3,(H,19,23)(H2,20,21,24). The number of nitrogens with two attached hydrogens (primary N) is 1. The summed E-state index contributed by atoms with van der Waals surface area (Å²) in [6.45, 7) is 0.952. The van der Waals surface area contributed by atoms with Crippen LogP contribution in [0.1, 0.15) is 6.92 Å². The van der Waals surface area contributed by atoms with Crippen LogP contribution in [0.3, 0.4) is 0 Å². The molecule has 0 saturated heterocycles. The molecule has 0 aliphatic carbocycles. The average Bonchev–Trinajstić information content (AvgIpc) is 2.56. The molecule has 7 heteroatoms. The van der Waals surface area contributed by atoms with Crippen LogP contribution in [0.5, 0.6) is 0 Å². The molecule has 7 nitrogen and oxygen atoms in total. The molecule has 2 aromatic carbocycles. The predicted octanol–water partition coefficient (Wildman–Crippen LogP) is 1.98. The normalized spacial score (nSPS) is 12.8. The predicted molar refractivity (Wildman–Crippen MR) is 93.8 cm³/mol. The van der Waals surface area contributed by atoms with Crippen molar-refractivity contribution in [1.82, 2.24) is 0 Å². The molecule has 0 radical (unpaired) electrons. The number of anilines is 3.